The molecule has 1 aliphatic rings. The van der Waals surface area contributed by atoms with E-state index in [1.54, 1.807) is 16.4 Å². The Hall–Kier alpha value is -2.42. The lowest BCUT2D eigenvalue weighted by Crippen LogP contribution is -2.48. The molecular formula is C20H24N4O3S. The maximum atomic E-state index is 13.1. The van der Waals surface area contributed by atoms with Crippen LogP contribution in [-0.2, 0) is 16.6 Å². The van der Waals surface area contributed by atoms with Gasteiger partial charge in [0.25, 0.3) is 0 Å². The number of hydrogen-bond donors (Lipinski definition) is 1. The van der Waals surface area contributed by atoms with Gasteiger partial charge in [-0.05, 0) is 36.8 Å². The van der Waals surface area contributed by atoms with Gasteiger partial charge in [-0.3, -0.25) is 4.90 Å². The first kappa shape index (κ1) is 18.9. The second-order valence-corrected chi connectivity index (χ2v) is 8.94. The summed E-state index contributed by atoms with van der Waals surface area (Å²) in [7, 11) is -2.09. The number of aryl methyl sites for hydroxylation is 1. The zero-order valence-corrected chi connectivity index (χ0v) is 16.9. The summed E-state index contributed by atoms with van der Waals surface area (Å²) in [4.78, 5) is 10.4. The van der Waals surface area contributed by atoms with Crippen LogP contribution in [0.4, 0.5) is 0 Å². The second kappa shape index (κ2) is 7.54. The van der Waals surface area contributed by atoms with E-state index in [9.17, 15) is 8.42 Å². The van der Waals surface area contributed by atoms with Crippen molar-refractivity contribution < 1.29 is 13.2 Å². The van der Waals surface area contributed by atoms with Crippen LogP contribution in [0.5, 0.6) is 5.75 Å². The molecule has 0 atom stereocenters. The molecule has 2 heterocycles. The summed E-state index contributed by atoms with van der Waals surface area (Å²) < 4.78 is 33.0. The number of nitrogens with zero attached hydrogens (tertiary/aromatic N) is 3. The average molecular weight is 401 g/mol. The van der Waals surface area contributed by atoms with Crippen molar-refractivity contribution in [3.8, 4) is 5.75 Å². The average Bonchev–Trinajstić information content (AvgIpc) is 3.10. The summed E-state index contributed by atoms with van der Waals surface area (Å²) >= 11 is 0. The van der Waals surface area contributed by atoms with Crippen molar-refractivity contribution in [1.82, 2.24) is 19.2 Å². The summed E-state index contributed by atoms with van der Waals surface area (Å²) in [6.45, 7) is 4.76. The first-order valence-electron chi connectivity index (χ1n) is 9.28. The van der Waals surface area contributed by atoms with Gasteiger partial charge >= 0.3 is 0 Å². The number of rotatable bonds is 5. The molecule has 148 valence electrons. The van der Waals surface area contributed by atoms with Gasteiger partial charge in [-0.2, -0.15) is 4.31 Å². The molecule has 0 saturated carbocycles. The summed E-state index contributed by atoms with van der Waals surface area (Å²) in [5.74, 6) is 1.29. The van der Waals surface area contributed by atoms with Gasteiger partial charge in [0.2, 0.25) is 10.0 Å². The van der Waals surface area contributed by atoms with Crippen LogP contribution in [0, 0.1) is 6.92 Å². The summed E-state index contributed by atoms with van der Waals surface area (Å²) in [6.07, 6.45) is 0. The number of aromatic amines is 1. The molecule has 0 amide bonds. The number of imidazole rings is 1. The molecule has 2 aromatic carbocycles. The SMILES string of the molecule is COc1ccc(C)cc1S(=O)(=O)N1CCN(Cc2nc3ccccc3[nH]2)CC1. The molecule has 1 aliphatic heterocycles. The van der Waals surface area contributed by atoms with Gasteiger partial charge in [0.05, 0.1) is 24.7 Å². The van der Waals surface area contributed by atoms with Crippen molar-refractivity contribution in [2.45, 2.75) is 18.4 Å². The molecule has 1 N–H and O–H groups in total. The highest BCUT2D eigenvalue weighted by Gasteiger charge is 2.31. The lowest BCUT2D eigenvalue weighted by atomic mass is 10.2. The van der Waals surface area contributed by atoms with Crippen molar-refractivity contribution in [3.63, 3.8) is 0 Å². The normalized spacial score (nSPS) is 16.5. The van der Waals surface area contributed by atoms with Crippen LogP contribution in [0.2, 0.25) is 0 Å². The van der Waals surface area contributed by atoms with Crippen molar-refractivity contribution in [2.75, 3.05) is 33.3 Å². The van der Waals surface area contributed by atoms with Crippen molar-refractivity contribution in [2.24, 2.45) is 0 Å². The van der Waals surface area contributed by atoms with Crippen LogP contribution >= 0.6 is 0 Å². The minimum atomic E-state index is -3.59. The predicted octanol–water partition coefficient (Wildman–Crippen LogP) is 2.39. The van der Waals surface area contributed by atoms with E-state index in [1.165, 1.54) is 7.11 Å². The molecular weight excluding hydrogens is 376 g/mol. The number of aromatic nitrogens is 2. The fourth-order valence-electron chi connectivity index (χ4n) is 3.54. The Labute approximate surface area is 165 Å². The van der Waals surface area contributed by atoms with E-state index in [1.807, 2.05) is 37.3 Å². The predicted molar refractivity (Wildman–Crippen MR) is 108 cm³/mol. The van der Waals surface area contributed by atoms with Crippen LogP contribution in [0.15, 0.2) is 47.4 Å². The Kier molecular flexibility index (Phi) is 5.09. The smallest absolute Gasteiger partial charge is 0.246 e. The van der Waals surface area contributed by atoms with Crippen LogP contribution in [0.3, 0.4) is 0 Å². The number of H-pyrrole nitrogens is 1. The fourth-order valence-corrected chi connectivity index (χ4v) is 5.21. The van der Waals surface area contributed by atoms with Gasteiger partial charge in [-0.15, -0.1) is 0 Å². The molecule has 1 saturated heterocycles. The van der Waals surface area contributed by atoms with Gasteiger partial charge in [-0.25, -0.2) is 13.4 Å². The van der Waals surface area contributed by atoms with Gasteiger partial charge in [0, 0.05) is 26.2 Å². The number of piperazine rings is 1. The Balaban J connectivity index is 1.45. The lowest BCUT2D eigenvalue weighted by molar-refractivity contribution is 0.178. The standard InChI is InChI=1S/C20H24N4O3S/c1-15-7-8-18(27-2)19(13-15)28(25,26)24-11-9-23(10-12-24)14-20-21-16-5-3-4-6-17(16)22-20/h3-8,13H,9-12,14H2,1-2H3,(H,21,22). The van der Waals surface area contributed by atoms with Crippen molar-refractivity contribution >= 4 is 21.1 Å². The molecule has 3 aromatic rings. The molecule has 0 radical (unpaired) electrons. The highest BCUT2D eigenvalue weighted by Crippen LogP contribution is 2.28. The Morgan fingerprint density at radius 1 is 1.11 bits per heavy atom. The summed E-state index contributed by atoms with van der Waals surface area (Å²) in [6, 6.07) is 13.2. The minimum absolute atomic E-state index is 0.237. The minimum Gasteiger partial charge on any atom is -0.495 e. The number of fused-ring (bicyclic) bond motifs is 1. The second-order valence-electron chi connectivity index (χ2n) is 7.04. The van der Waals surface area contributed by atoms with Crippen molar-refractivity contribution in [1.29, 1.82) is 0 Å². The zero-order chi connectivity index (χ0) is 19.7. The Bertz CT molecular complexity index is 1050. The Morgan fingerprint density at radius 2 is 1.86 bits per heavy atom. The van der Waals surface area contributed by atoms with E-state index in [4.69, 9.17) is 4.74 Å². The third-order valence-corrected chi connectivity index (χ3v) is 7.00. The molecule has 1 aromatic heterocycles. The van der Waals surface area contributed by atoms with E-state index in [2.05, 4.69) is 14.9 Å². The number of para-hydroxylation sites is 2. The van der Waals surface area contributed by atoms with Gasteiger partial charge in [0.1, 0.15) is 16.5 Å². The summed E-state index contributed by atoms with van der Waals surface area (Å²) in [5.41, 5.74) is 2.86. The molecule has 28 heavy (non-hydrogen) atoms. The topological polar surface area (TPSA) is 78.5 Å². The monoisotopic (exact) mass is 400 g/mol. The number of benzene rings is 2. The molecule has 0 bridgehead atoms. The third kappa shape index (κ3) is 3.63. The highest BCUT2D eigenvalue weighted by molar-refractivity contribution is 7.89. The molecule has 0 spiro atoms. The zero-order valence-electron chi connectivity index (χ0n) is 16.1. The molecule has 0 aliphatic carbocycles. The number of hydrogen-bond acceptors (Lipinski definition) is 5. The van der Waals surface area contributed by atoms with Crippen LogP contribution < -0.4 is 4.74 Å². The van der Waals surface area contributed by atoms with Crippen LogP contribution in [0.1, 0.15) is 11.4 Å². The van der Waals surface area contributed by atoms with Crippen LogP contribution in [0.25, 0.3) is 11.0 Å². The maximum Gasteiger partial charge on any atom is 0.246 e. The molecule has 7 nitrogen and oxygen atoms in total. The van der Waals surface area contributed by atoms with Crippen LogP contribution in [-0.4, -0.2) is 60.9 Å². The number of methoxy groups -OCH3 is 1. The first-order chi connectivity index (χ1) is 13.5. The van der Waals surface area contributed by atoms with E-state index < -0.39 is 10.0 Å². The molecule has 1 fully saturated rings. The lowest BCUT2D eigenvalue weighted by Gasteiger charge is -2.33. The molecule has 8 heteroatoms. The van der Waals surface area contributed by atoms with E-state index in [-0.39, 0.29) is 4.90 Å². The van der Waals surface area contributed by atoms with E-state index in [0.29, 0.717) is 38.5 Å². The van der Waals surface area contributed by atoms with Gasteiger partial charge in [0.15, 0.2) is 0 Å². The highest BCUT2D eigenvalue weighted by atomic mass is 32.2. The molecule has 4 rings (SSSR count). The Morgan fingerprint density at radius 3 is 2.57 bits per heavy atom. The number of ether oxygens (including phenoxy) is 1. The fraction of sp³-hybridized carbons (Fsp3) is 0.350. The van der Waals surface area contributed by atoms with E-state index >= 15 is 0 Å². The van der Waals surface area contributed by atoms with Gasteiger partial charge in [-0.1, -0.05) is 18.2 Å². The number of nitrogens with one attached hydrogen (secondary N) is 1. The third-order valence-electron chi connectivity index (χ3n) is 5.08. The number of sulfonamides is 1. The first-order valence-corrected chi connectivity index (χ1v) is 10.7. The van der Waals surface area contributed by atoms with Crippen molar-refractivity contribution in [3.05, 3.63) is 53.9 Å². The maximum absolute atomic E-state index is 13.1. The summed E-state index contributed by atoms with van der Waals surface area (Å²) in [5, 5.41) is 0. The van der Waals surface area contributed by atoms with E-state index in [0.717, 1.165) is 22.4 Å². The quantitative estimate of drug-likeness (QED) is 0.711. The molecule has 0 unspecified atom stereocenters. The van der Waals surface area contributed by atoms with Gasteiger partial charge < -0.3 is 9.72 Å². The largest absolute Gasteiger partial charge is 0.495 e.